The van der Waals surface area contributed by atoms with Gasteiger partial charge in [-0.15, -0.1) is 6.58 Å². The van der Waals surface area contributed by atoms with Crippen molar-refractivity contribution in [1.29, 1.82) is 0 Å². The molecule has 0 spiro atoms. The van der Waals surface area contributed by atoms with Gasteiger partial charge in [0.25, 0.3) is 5.91 Å². The van der Waals surface area contributed by atoms with Crippen molar-refractivity contribution < 1.29 is 9.18 Å². The molecule has 1 amide bonds. The number of hydrogen-bond donors (Lipinski definition) is 2. The van der Waals surface area contributed by atoms with Gasteiger partial charge in [0.15, 0.2) is 0 Å². The first-order chi connectivity index (χ1) is 10.5. The second kappa shape index (κ2) is 7.40. The van der Waals surface area contributed by atoms with Crippen LogP contribution in [0.25, 0.3) is 0 Å². The Morgan fingerprint density at radius 2 is 2.14 bits per heavy atom. The lowest BCUT2D eigenvalue weighted by molar-refractivity contribution is 0.0958. The molecule has 2 rings (SSSR count). The van der Waals surface area contributed by atoms with Crippen molar-refractivity contribution in [3.63, 3.8) is 0 Å². The van der Waals surface area contributed by atoms with Crippen LogP contribution >= 0.6 is 22.6 Å². The van der Waals surface area contributed by atoms with Crippen LogP contribution in [0.5, 0.6) is 0 Å². The minimum atomic E-state index is -0.468. The minimum absolute atomic E-state index is 0.174. The fraction of sp³-hybridized carbons (Fsp3) is 0.118. The molecule has 0 unspecified atom stereocenters. The molecule has 5 heteroatoms. The number of aryl methyl sites for hydroxylation is 1. The van der Waals surface area contributed by atoms with Gasteiger partial charge in [0, 0.05) is 15.8 Å². The third-order valence-electron chi connectivity index (χ3n) is 3.11. The van der Waals surface area contributed by atoms with Gasteiger partial charge in [-0.2, -0.15) is 0 Å². The molecule has 0 saturated heterocycles. The van der Waals surface area contributed by atoms with Crippen molar-refractivity contribution in [3.8, 4) is 0 Å². The number of hydrogen-bond acceptors (Lipinski definition) is 2. The highest BCUT2D eigenvalue weighted by molar-refractivity contribution is 14.1. The molecule has 0 fully saturated rings. The van der Waals surface area contributed by atoms with Crippen LogP contribution in [0.3, 0.4) is 0 Å². The van der Waals surface area contributed by atoms with Crippen LogP contribution in [-0.2, 0) is 0 Å². The van der Waals surface area contributed by atoms with E-state index < -0.39 is 5.82 Å². The van der Waals surface area contributed by atoms with E-state index in [1.54, 1.807) is 12.1 Å². The fourth-order valence-electron chi connectivity index (χ4n) is 2.00. The van der Waals surface area contributed by atoms with Crippen LogP contribution in [0.15, 0.2) is 49.1 Å². The number of para-hydroxylation sites is 1. The lowest BCUT2D eigenvalue weighted by Crippen LogP contribution is -2.24. The average molecular weight is 410 g/mol. The number of carbonyl (C=O) groups is 1. The molecule has 22 heavy (non-hydrogen) atoms. The Balaban J connectivity index is 2.37. The molecule has 2 aromatic rings. The summed E-state index contributed by atoms with van der Waals surface area (Å²) in [6.07, 6.45) is 1.58. The molecule has 3 nitrogen and oxygen atoms in total. The number of anilines is 2. The van der Waals surface area contributed by atoms with Crippen molar-refractivity contribution in [1.82, 2.24) is 5.32 Å². The maximum Gasteiger partial charge on any atom is 0.253 e. The first kappa shape index (κ1) is 16.5. The van der Waals surface area contributed by atoms with Gasteiger partial charge in [-0.25, -0.2) is 4.39 Å². The normalized spacial score (nSPS) is 10.1. The number of nitrogens with one attached hydrogen (secondary N) is 2. The van der Waals surface area contributed by atoms with Gasteiger partial charge >= 0.3 is 0 Å². The third kappa shape index (κ3) is 3.85. The Morgan fingerprint density at radius 1 is 1.36 bits per heavy atom. The zero-order valence-corrected chi connectivity index (χ0v) is 14.3. The second-order valence-electron chi connectivity index (χ2n) is 4.75. The smallest absolute Gasteiger partial charge is 0.253 e. The van der Waals surface area contributed by atoms with Crippen LogP contribution in [-0.4, -0.2) is 12.5 Å². The van der Waals surface area contributed by atoms with Gasteiger partial charge in [-0.3, -0.25) is 4.79 Å². The monoisotopic (exact) mass is 410 g/mol. The largest absolute Gasteiger partial charge is 0.352 e. The summed E-state index contributed by atoms with van der Waals surface area (Å²) in [5.41, 5.74) is 2.18. The Morgan fingerprint density at radius 3 is 2.82 bits per heavy atom. The molecule has 0 bridgehead atoms. The van der Waals surface area contributed by atoms with Crippen LogP contribution in [0.1, 0.15) is 15.9 Å². The second-order valence-corrected chi connectivity index (χ2v) is 5.99. The quantitative estimate of drug-likeness (QED) is 0.567. The Labute approximate surface area is 142 Å². The molecule has 2 N–H and O–H groups in total. The van der Waals surface area contributed by atoms with Crippen LogP contribution < -0.4 is 10.6 Å². The van der Waals surface area contributed by atoms with E-state index in [1.807, 2.05) is 25.1 Å². The van der Waals surface area contributed by atoms with Gasteiger partial charge in [0.05, 0.1) is 11.3 Å². The summed E-state index contributed by atoms with van der Waals surface area (Å²) < 4.78 is 15.3. The van der Waals surface area contributed by atoms with Gasteiger partial charge in [-0.1, -0.05) is 12.1 Å². The number of amides is 1. The van der Waals surface area contributed by atoms with E-state index in [9.17, 15) is 9.18 Å². The van der Waals surface area contributed by atoms with E-state index in [0.29, 0.717) is 6.54 Å². The summed E-state index contributed by atoms with van der Waals surface area (Å²) in [6.45, 7) is 5.81. The zero-order chi connectivity index (χ0) is 16.1. The molecule has 0 aromatic heterocycles. The Hall–Kier alpha value is -1.89. The van der Waals surface area contributed by atoms with E-state index in [0.717, 1.165) is 14.8 Å². The number of rotatable bonds is 5. The molecular formula is C17H16FIN2O. The van der Waals surface area contributed by atoms with Crippen molar-refractivity contribution in [3.05, 3.63) is 69.6 Å². The SMILES string of the molecule is C=CCNC(=O)c1cccc(F)c1Nc1ccc(I)cc1C. The van der Waals surface area contributed by atoms with Crippen molar-refractivity contribution >= 4 is 39.9 Å². The lowest BCUT2D eigenvalue weighted by Gasteiger charge is -2.14. The maximum atomic E-state index is 14.2. The summed E-state index contributed by atoms with van der Waals surface area (Å²) in [5, 5.41) is 5.69. The first-order valence-corrected chi connectivity index (χ1v) is 7.81. The molecule has 0 aliphatic rings. The van der Waals surface area contributed by atoms with Crippen LogP contribution in [0.4, 0.5) is 15.8 Å². The highest BCUT2D eigenvalue weighted by atomic mass is 127. The molecule has 2 aromatic carbocycles. The van der Waals surface area contributed by atoms with Crippen molar-refractivity contribution in [2.75, 3.05) is 11.9 Å². The Bertz CT molecular complexity index is 716. The maximum absolute atomic E-state index is 14.2. The van der Waals surface area contributed by atoms with E-state index in [2.05, 4.69) is 39.8 Å². The summed E-state index contributed by atoms with van der Waals surface area (Å²) in [6, 6.07) is 10.2. The molecule has 0 aliphatic carbocycles. The van der Waals surface area contributed by atoms with E-state index in [1.165, 1.54) is 12.1 Å². The topological polar surface area (TPSA) is 41.1 Å². The van der Waals surface area contributed by atoms with E-state index >= 15 is 0 Å². The van der Waals surface area contributed by atoms with E-state index in [4.69, 9.17) is 0 Å². The van der Waals surface area contributed by atoms with E-state index in [-0.39, 0.29) is 17.2 Å². The van der Waals surface area contributed by atoms with Crippen molar-refractivity contribution in [2.24, 2.45) is 0 Å². The average Bonchev–Trinajstić information content (AvgIpc) is 2.49. The first-order valence-electron chi connectivity index (χ1n) is 6.73. The molecule has 0 radical (unpaired) electrons. The molecule has 0 atom stereocenters. The highest BCUT2D eigenvalue weighted by Crippen LogP contribution is 2.27. The zero-order valence-electron chi connectivity index (χ0n) is 12.1. The fourth-order valence-corrected chi connectivity index (χ4v) is 2.65. The predicted molar refractivity (Wildman–Crippen MR) is 96.1 cm³/mol. The molecule has 0 aliphatic heterocycles. The van der Waals surface area contributed by atoms with Gasteiger partial charge < -0.3 is 10.6 Å². The van der Waals surface area contributed by atoms with Crippen LogP contribution in [0, 0.1) is 16.3 Å². The predicted octanol–water partition coefficient (Wildman–Crippen LogP) is 4.40. The Kier molecular flexibility index (Phi) is 5.54. The van der Waals surface area contributed by atoms with Gasteiger partial charge in [0.1, 0.15) is 5.82 Å². The molecule has 0 heterocycles. The standard InChI is InChI=1S/C17H16FIN2O/c1-3-9-20-17(22)13-5-4-6-14(18)16(13)21-15-8-7-12(19)10-11(15)2/h3-8,10,21H,1,9H2,2H3,(H,20,22). The molecule has 0 saturated carbocycles. The lowest BCUT2D eigenvalue weighted by atomic mass is 10.1. The minimum Gasteiger partial charge on any atom is -0.352 e. The molecule has 114 valence electrons. The van der Waals surface area contributed by atoms with Gasteiger partial charge in [-0.05, 0) is 65.4 Å². The number of benzene rings is 2. The molecular weight excluding hydrogens is 394 g/mol. The number of carbonyl (C=O) groups excluding carboxylic acids is 1. The highest BCUT2D eigenvalue weighted by Gasteiger charge is 2.15. The van der Waals surface area contributed by atoms with Crippen LogP contribution in [0.2, 0.25) is 0 Å². The van der Waals surface area contributed by atoms with Crippen molar-refractivity contribution in [2.45, 2.75) is 6.92 Å². The summed E-state index contributed by atoms with van der Waals surface area (Å²) in [7, 11) is 0. The summed E-state index contributed by atoms with van der Waals surface area (Å²) in [5.74, 6) is -0.811. The van der Waals surface area contributed by atoms with Gasteiger partial charge in [0.2, 0.25) is 0 Å². The third-order valence-corrected chi connectivity index (χ3v) is 3.78. The summed E-state index contributed by atoms with van der Waals surface area (Å²) >= 11 is 2.22. The number of halogens is 2. The summed E-state index contributed by atoms with van der Waals surface area (Å²) in [4.78, 5) is 12.1.